The molecule has 0 bridgehead atoms. The number of rotatable bonds is 0. The van der Waals surface area contributed by atoms with Crippen molar-refractivity contribution in [1.82, 2.24) is 0 Å². The van der Waals surface area contributed by atoms with Crippen LogP contribution in [0.5, 0.6) is 0 Å². The predicted octanol–water partition coefficient (Wildman–Crippen LogP) is -1.28. The summed E-state index contributed by atoms with van der Waals surface area (Å²) in [7, 11) is 0. The van der Waals surface area contributed by atoms with Gasteiger partial charge in [-0.05, 0) is 0 Å². The topological polar surface area (TPSA) is 0 Å². The van der Waals surface area contributed by atoms with Crippen molar-refractivity contribution < 1.29 is 25.2 Å². The van der Waals surface area contributed by atoms with Crippen molar-refractivity contribution in [3.8, 4) is 0 Å². The van der Waals surface area contributed by atoms with Crippen LogP contribution in [0.1, 0.15) is 2.85 Å². The molecule has 1 atom stereocenters. The molecule has 0 heterocycles. The fourth-order valence-corrected chi connectivity index (χ4v) is 0. The van der Waals surface area contributed by atoms with Crippen molar-refractivity contribution in [1.29, 1.82) is 0 Å². The van der Waals surface area contributed by atoms with E-state index in [9.17, 15) is 0 Å². The molecule has 0 aromatic carbocycles. The third-order valence-corrected chi connectivity index (χ3v) is 0. The van der Waals surface area contributed by atoms with Crippen LogP contribution in [0.4, 0.5) is 0 Å². The second kappa shape index (κ2) is 17.9. The van der Waals surface area contributed by atoms with E-state index in [1.807, 2.05) is 0 Å². The molecule has 0 saturated heterocycles. The van der Waals surface area contributed by atoms with E-state index >= 15 is 0 Å². The average molecular weight is 198 g/mol. The molecule has 0 aliphatic carbocycles. The second-order valence-electron chi connectivity index (χ2n) is 0. The Labute approximate surface area is 74.9 Å². The van der Waals surface area contributed by atoms with Crippen LogP contribution in [0.25, 0.3) is 0 Å². The Morgan fingerprint density at radius 3 is 1.25 bits per heavy atom. The summed E-state index contributed by atoms with van der Waals surface area (Å²) in [6, 6.07) is 0. The molecule has 0 aromatic heterocycles. The molecule has 0 aliphatic heterocycles. The molecule has 0 aliphatic rings. The standard InChI is InChI=1S/Ag.Al.Mg.H3P.5H/h;;;1H3;;;;;/q;;+2;;;;;2*-1. The van der Waals surface area contributed by atoms with E-state index in [2.05, 4.69) is 0 Å². The van der Waals surface area contributed by atoms with Crippen molar-refractivity contribution in [2.24, 2.45) is 0 Å². The zero-order chi connectivity index (χ0) is 0. The van der Waals surface area contributed by atoms with E-state index < -0.39 is 0 Å². The van der Waals surface area contributed by atoms with Gasteiger partial charge in [0.25, 0.3) is 0 Å². The minimum absolute atomic E-state index is 0. The molecular formula is H8AgAlMgP. The van der Waals surface area contributed by atoms with Crippen LogP contribution < -0.4 is 0 Å². The van der Waals surface area contributed by atoms with Gasteiger partial charge in [-0.25, -0.2) is 0 Å². The number of hydrogen-bond donors (Lipinski definition) is 0. The summed E-state index contributed by atoms with van der Waals surface area (Å²) in [5.74, 6) is 0. The summed E-state index contributed by atoms with van der Waals surface area (Å²) >= 11 is 0. The Kier molecular flexibility index (Phi) is 142. The molecule has 0 spiro atoms. The van der Waals surface area contributed by atoms with Crippen LogP contribution in [0.2, 0.25) is 0 Å². The van der Waals surface area contributed by atoms with Gasteiger partial charge in [-0.15, -0.1) is 0 Å². The van der Waals surface area contributed by atoms with Gasteiger partial charge in [0.15, 0.2) is 17.4 Å². The third-order valence-electron chi connectivity index (χ3n) is 0. The molecule has 0 fully saturated rings. The minimum Gasteiger partial charge on any atom is -1.00 e. The van der Waals surface area contributed by atoms with Gasteiger partial charge >= 0.3 is 23.1 Å². The van der Waals surface area contributed by atoms with E-state index in [1.54, 1.807) is 0 Å². The van der Waals surface area contributed by atoms with Crippen molar-refractivity contribution in [3.63, 3.8) is 0 Å². The molecular weight excluding hydrogens is 190 g/mol. The maximum atomic E-state index is 0. The Morgan fingerprint density at radius 1 is 1.25 bits per heavy atom. The molecule has 29 valence electrons. The molecule has 0 nitrogen and oxygen atoms in total. The van der Waals surface area contributed by atoms with E-state index in [4.69, 9.17) is 0 Å². The van der Waals surface area contributed by atoms with Gasteiger partial charge < -0.3 is 2.85 Å². The maximum absolute atomic E-state index is 0. The van der Waals surface area contributed by atoms with E-state index in [0.717, 1.165) is 0 Å². The molecule has 4 heavy (non-hydrogen) atoms. The SMILES string of the molecule is P.[Ag].[AlH3].[H-].[H-].[Mg+2]. The van der Waals surface area contributed by atoms with Crippen LogP contribution in [0.15, 0.2) is 0 Å². The molecule has 0 saturated carbocycles. The average Bonchev–Trinajstić information content (AvgIpc) is 0. The van der Waals surface area contributed by atoms with Gasteiger partial charge in [-0.3, -0.25) is 0 Å². The molecule has 0 aromatic rings. The summed E-state index contributed by atoms with van der Waals surface area (Å²) in [4.78, 5) is 0. The van der Waals surface area contributed by atoms with Gasteiger partial charge in [0, 0.05) is 22.4 Å². The van der Waals surface area contributed by atoms with Gasteiger partial charge in [-0.1, -0.05) is 0 Å². The van der Waals surface area contributed by atoms with Crippen molar-refractivity contribution in [2.45, 2.75) is 0 Å². The summed E-state index contributed by atoms with van der Waals surface area (Å²) in [6.07, 6.45) is 0. The Balaban J connectivity index is 0. The summed E-state index contributed by atoms with van der Waals surface area (Å²) in [5, 5.41) is 0. The first-order valence-electron chi connectivity index (χ1n) is 0. The van der Waals surface area contributed by atoms with Crippen LogP contribution in [-0.4, -0.2) is 40.4 Å². The quantitative estimate of drug-likeness (QED) is 0.336. The smallest absolute Gasteiger partial charge is 1.00 e. The first kappa shape index (κ1) is 31.7. The molecule has 1 unspecified atom stereocenters. The van der Waals surface area contributed by atoms with Gasteiger partial charge in [0.1, 0.15) is 0 Å². The summed E-state index contributed by atoms with van der Waals surface area (Å²) in [6.45, 7) is 0. The van der Waals surface area contributed by atoms with E-state index in [0.29, 0.717) is 0 Å². The van der Waals surface area contributed by atoms with Gasteiger partial charge in [0.05, 0.1) is 0 Å². The molecule has 0 N–H and O–H groups in total. The largest absolute Gasteiger partial charge is 2.00 e. The molecule has 4 heteroatoms. The molecule has 1 radical (unpaired) electrons. The van der Waals surface area contributed by atoms with Crippen LogP contribution >= 0.6 is 9.90 Å². The summed E-state index contributed by atoms with van der Waals surface area (Å²) < 4.78 is 0. The van der Waals surface area contributed by atoms with Gasteiger partial charge in [0.2, 0.25) is 0 Å². The predicted molar refractivity (Wildman–Crippen MR) is 29.0 cm³/mol. The van der Waals surface area contributed by atoms with Crippen LogP contribution in [-0.2, 0) is 22.4 Å². The minimum atomic E-state index is 0. The maximum Gasteiger partial charge on any atom is 2.00 e. The second-order valence-corrected chi connectivity index (χ2v) is 0. The van der Waals surface area contributed by atoms with E-state index in [-0.39, 0.29) is 75.5 Å². The monoisotopic (exact) mass is 197 g/mol. The third kappa shape index (κ3) is 8.82. The fraction of sp³-hybridized carbons (Fsp3) is 0. The van der Waals surface area contributed by atoms with Crippen molar-refractivity contribution >= 4 is 50.3 Å². The first-order chi connectivity index (χ1) is 0. The normalized spacial score (nSPS) is 0. The zero-order valence-electron chi connectivity index (χ0n) is 3.72. The van der Waals surface area contributed by atoms with E-state index in [1.165, 1.54) is 0 Å². The van der Waals surface area contributed by atoms with Crippen molar-refractivity contribution in [2.75, 3.05) is 0 Å². The fourth-order valence-electron chi connectivity index (χ4n) is 0. The Bertz CT molecular complexity index is 13.5. The Hall–Kier alpha value is 2.47. The van der Waals surface area contributed by atoms with Gasteiger partial charge in [-0.2, -0.15) is 9.90 Å². The zero-order valence-corrected chi connectivity index (χ0v) is 6.03. The first-order valence-corrected chi connectivity index (χ1v) is 0. The van der Waals surface area contributed by atoms with Crippen LogP contribution in [0.3, 0.4) is 0 Å². The Morgan fingerprint density at radius 2 is 1.25 bits per heavy atom. The van der Waals surface area contributed by atoms with Crippen molar-refractivity contribution in [3.05, 3.63) is 0 Å². The molecule has 0 amide bonds. The summed E-state index contributed by atoms with van der Waals surface area (Å²) in [5.41, 5.74) is 0. The number of hydrogen-bond acceptors (Lipinski definition) is 0. The van der Waals surface area contributed by atoms with Crippen LogP contribution in [0, 0.1) is 0 Å². The molecule has 0 rings (SSSR count).